The highest BCUT2D eigenvalue weighted by atomic mass is 79.9. The van der Waals surface area contributed by atoms with Crippen LogP contribution in [0, 0.1) is 103 Å². The Balaban J connectivity index is 0.000000154. The average molecular weight is 1780 g/mol. The number of nitro groups is 2. The Kier molecular flexibility index (Phi) is 31.1. The molecule has 0 bridgehead atoms. The molecule has 31 nitrogen and oxygen atoms in total. The minimum Gasteiger partial charge on any atom is -0.399 e. The molecule has 10 N–H and O–H groups in total. The lowest BCUT2D eigenvalue weighted by Crippen LogP contribution is -2.41. The predicted octanol–water partition coefficient (Wildman–Crippen LogP) is 18.4. The molecule has 10 aromatic heterocycles. The normalized spacial score (nSPS) is 13.1. The van der Waals surface area contributed by atoms with Crippen molar-refractivity contribution in [1.82, 2.24) is 59.7 Å². The molecule has 0 aliphatic carbocycles. The van der Waals surface area contributed by atoms with E-state index in [4.69, 9.17) is 84.6 Å². The first-order valence-electron chi connectivity index (χ1n) is 39.4. The summed E-state index contributed by atoms with van der Waals surface area (Å²) in [5.74, 6) is 2.79. The van der Waals surface area contributed by atoms with Crippen LogP contribution in [-0.4, -0.2) is 123 Å². The van der Waals surface area contributed by atoms with Crippen LogP contribution in [0.4, 0.5) is 39.8 Å². The van der Waals surface area contributed by atoms with Crippen LogP contribution in [0.25, 0.3) is 77.9 Å². The maximum absolute atomic E-state index is 11.5. The molecule has 17 rings (SSSR count). The molecule has 0 unspecified atom stereocenters. The summed E-state index contributed by atoms with van der Waals surface area (Å²) in [6.45, 7) is 35.0. The largest absolute Gasteiger partial charge is 0.496 e. The number of thiocarbonyl (C=S) groups is 2. The number of ether oxygens (including phenoxy) is 1. The molecule has 4 aromatic carbocycles. The zero-order chi connectivity index (χ0) is 90.2. The maximum Gasteiger partial charge on any atom is 0.496 e. The number of hydrogen-bond donors (Lipinski definition) is 6. The topological polar surface area (TPSA) is 442 Å². The Morgan fingerprint density at radius 2 is 0.887 bits per heavy atom. The number of hydrogen-bond acceptors (Lipinski definition) is 28. The van der Waals surface area contributed by atoms with Crippen molar-refractivity contribution < 1.29 is 47.1 Å². The second kappa shape index (κ2) is 41.3. The Morgan fingerprint density at radius 1 is 0.516 bits per heavy atom. The van der Waals surface area contributed by atoms with Gasteiger partial charge in [-0.3, -0.25) is 49.3 Å². The molecule has 14 aromatic rings. The molecule has 2 saturated heterocycles. The van der Waals surface area contributed by atoms with Gasteiger partial charge in [-0.05, 0) is 275 Å². The third-order valence-electron chi connectivity index (χ3n) is 20.9. The number of halogens is 1. The minimum atomic E-state index is -0.512. The Bertz CT molecular complexity index is 6010. The number of nitrogen functional groups attached to an aromatic ring is 4. The molecule has 3 aliphatic heterocycles. The smallest absolute Gasteiger partial charge is 0.399 e. The lowest BCUT2D eigenvalue weighted by atomic mass is 9.77. The number of imidazole rings is 2. The van der Waals surface area contributed by atoms with E-state index in [1.807, 2.05) is 110 Å². The fourth-order valence-corrected chi connectivity index (χ4v) is 14.6. The van der Waals surface area contributed by atoms with E-state index in [0.29, 0.717) is 60.6 Å². The SMILES string of the molecule is C1CCOC1.CCO.Cc1ccncc1-c1cc(-c2c(C)noc2C)cc(N)c1N.Cc1ccncc1-c1cc(-c2c(C)noc2C)cc([N+](=O)[O-])c1N.Cc1ccncc1-c1cc(-c2c(C)noc2C)cc2c1CC(=S)N2.Cc1ccncc1B1OC(C)(C)C(C)(C)O1.Cc1noc(C)c1-c1cc(Br)c(N)c([N+](=O)[O-])c1.S=C(n1ccnc1)n1ccnc1. The first kappa shape index (κ1) is 93.4. The van der Waals surface area contributed by atoms with Gasteiger partial charge in [0, 0.05) is 178 Å². The van der Waals surface area contributed by atoms with Crippen LogP contribution in [-0.2, 0) is 20.5 Å². The van der Waals surface area contributed by atoms with Crippen molar-refractivity contribution in [3.05, 3.63) is 258 Å². The number of benzene rings is 4. The van der Waals surface area contributed by atoms with E-state index in [1.165, 1.54) is 41.7 Å². The highest BCUT2D eigenvalue weighted by Crippen LogP contribution is 2.45. The van der Waals surface area contributed by atoms with Crippen LogP contribution < -0.4 is 33.7 Å². The highest BCUT2D eigenvalue weighted by molar-refractivity contribution is 9.10. The van der Waals surface area contributed by atoms with Gasteiger partial charge in [0.15, 0.2) is 5.11 Å². The van der Waals surface area contributed by atoms with E-state index < -0.39 is 9.85 Å². The van der Waals surface area contributed by atoms with E-state index in [9.17, 15) is 20.2 Å². The number of fused-ring (bicyclic) bond motifs is 1. The van der Waals surface area contributed by atoms with Crippen LogP contribution in [0.5, 0.6) is 0 Å². The van der Waals surface area contributed by atoms with Crippen molar-refractivity contribution in [3.63, 3.8) is 0 Å². The highest BCUT2D eigenvalue weighted by Gasteiger charge is 2.52. The summed E-state index contributed by atoms with van der Waals surface area (Å²) in [5.41, 5.74) is 47.5. The van der Waals surface area contributed by atoms with Gasteiger partial charge in [0.2, 0.25) is 0 Å². The fourth-order valence-electron chi connectivity index (χ4n) is 13.7. The molecule has 2 fully saturated rings. The summed E-state index contributed by atoms with van der Waals surface area (Å²) in [6, 6.07) is 22.4. The van der Waals surface area contributed by atoms with Gasteiger partial charge >= 0.3 is 7.12 Å². The van der Waals surface area contributed by atoms with Crippen molar-refractivity contribution in [3.8, 4) is 77.9 Å². The first-order chi connectivity index (χ1) is 59.0. The Hall–Kier alpha value is -12.9. The van der Waals surface area contributed by atoms with Crippen LogP contribution >= 0.6 is 40.4 Å². The zero-order valence-corrected chi connectivity index (χ0v) is 75.3. The van der Waals surface area contributed by atoms with Crippen molar-refractivity contribution in [2.24, 2.45) is 0 Å². The zero-order valence-electron chi connectivity index (χ0n) is 72.0. The van der Waals surface area contributed by atoms with Crippen molar-refractivity contribution in [2.75, 3.05) is 48.1 Å². The fraction of sp³-hybridized carbons (Fsp3) is 0.281. The molecule has 0 amide bonds. The summed E-state index contributed by atoms with van der Waals surface area (Å²) >= 11 is 13.8. The minimum absolute atomic E-state index is 0.107. The van der Waals surface area contributed by atoms with Gasteiger partial charge in [-0.1, -0.05) is 32.8 Å². The van der Waals surface area contributed by atoms with Gasteiger partial charge in [-0.25, -0.2) is 9.97 Å². The van der Waals surface area contributed by atoms with Crippen molar-refractivity contribution >= 4 is 103 Å². The number of nitrogens with zero attached hydrogens (tertiary/aromatic N) is 14. The number of rotatable bonds is 10. The number of nitrogens with two attached hydrogens (primary N) is 4. The number of aromatic nitrogens is 12. The van der Waals surface area contributed by atoms with Gasteiger partial charge in [-0.15, -0.1) is 0 Å². The number of anilines is 5. The van der Waals surface area contributed by atoms with Crippen LogP contribution in [0.3, 0.4) is 0 Å². The van der Waals surface area contributed by atoms with E-state index in [2.05, 4.69) is 119 Å². The van der Waals surface area contributed by atoms with Crippen LogP contribution in [0.2, 0.25) is 0 Å². The van der Waals surface area contributed by atoms with Crippen LogP contribution in [0.15, 0.2) is 182 Å². The van der Waals surface area contributed by atoms with Gasteiger partial charge < -0.3 is 65.5 Å². The number of aryl methyl sites for hydroxylation is 12. The first-order valence-corrected chi connectivity index (χ1v) is 41.0. The Labute approximate surface area is 737 Å². The molecule has 0 saturated carbocycles. The molecule has 0 spiro atoms. The number of aliphatic hydroxyl groups is 1. The van der Waals surface area contributed by atoms with Gasteiger partial charge in [0.25, 0.3) is 11.4 Å². The maximum atomic E-state index is 11.5. The van der Waals surface area contributed by atoms with E-state index in [-0.39, 0.29) is 47.7 Å². The number of nitro benzene ring substituents is 2. The summed E-state index contributed by atoms with van der Waals surface area (Å²) in [7, 11) is -0.307. The third-order valence-corrected chi connectivity index (χ3v) is 22.2. The molecule has 0 atom stereocenters. The number of pyridine rings is 4. The molecule has 0 radical (unpaired) electrons. The van der Waals surface area contributed by atoms with E-state index in [0.717, 1.165) is 131 Å². The molecule has 124 heavy (non-hydrogen) atoms. The lowest BCUT2D eigenvalue weighted by molar-refractivity contribution is -0.384. The lowest BCUT2D eigenvalue weighted by Gasteiger charge is -2.32. The summed E-state index contributed by atoms with van der Waals surface area (Å²) in [6.07, 6.45) is 27.8. The number of nitrogens with one attached hydrogen (secondary N) is 1. The quantitative estimate of drug-likeness (QED) is 0.0243. The van der Waals surface area contributed by atoms with E-state index >= 15 is 0 Å². The molecule has 3 aliphatic rings. The predicted molar refractivity (Wildman–Crippen MR) is 493 cm³/mol. The van der Waals surface area contributed by atoms with Gasteiger partial charge in [0.1, 0.15) is 47.1 Å². The average Bonchev–Trinajstić information content (AvgIpc) is 1.55. The number of aliphatic hydroxyl groups excluding tert-OH is 1. The molecule has 644 valence electrons. The third kappa shape index (κ3) is 21.9. The van der Waals surface area contributed by atoms with Crippen LogP contribution in [0.1, 0.15) is 121 Å². The van der Waals surface area contributed by atoms with Crippen molar-refractivity contribution in [1.29, 1.82) is 0 Å². The van der Waals surface area contributed by atoms with E-state index in [1.54, 1.807) is 118 Å². The standard InChI is InChI=1S/C19H17N3OS.C17H16N4O3.C17H18N4O.C12H18BNO2.C11H10BrN3O3.C7H6N4S.C4H8O.C2H6O/c1-10-4-5-20-9-16(10)14-6-13(19-11(2)22-23-12(19)3)7-17-15(14)8-18(24)21-17;1-9-4-5-19-8-14(9)13-6-12(7-15(17(13)18)21(22)23)16-10(2)20-24-11(16)3;1-9-4-5-20-8-14(9)13-6-12(7-15(18)17(13)19)16-10(2)21-22-11(16)3;1-9-6-7-14-8-10(9)13-15-11(2,3)12(4,5)16-13;1-5-10(6(2)18-14-5)7-3-8(12)11(13)9(4-7)15(16)17;12-7(10-3-1-8-5-10)11-4-2-9-6-11;1-2-4-5-3-1;1-2-3/h4-7,9H,8H2,1-3H3,(H,21,24);4-8H,18H2,1-3H3;4-8H,18-19H2,1-3H3;6-8H,1-5H3;3-4H,13H2,1-2H3;1-6H;1-4H2;3H,2H2,1H3. The second-order valence-corrected chi connectivity index (χ2v) is 31.9. The summed E-state index contributed by atoms with van der Waals surface area (Å²) in [4.78, 5) is 46.8. The molecule has 13 heterocycles. The van der Waals surface area contributed by atoms with Crippen molar-refractivity contribution in [2.45, 2.75) is 148 Å². The van der Waals surface area contributed by atoms with Gasteiger partial charge in [-0.2, -0.15) is 0 Å². The monoisotopic (exact) mass is 1780 g/mol. The second-order valence-electron chi connectivity index (χ2n) is 30.2. The van der Waals surface area contributed by atoms with Gasteiger partial charge in [0.05, 0.1) is 60.2 Å². The summed E-state index contributed by atoms with van der Waals surface area (Å²) < 4.78 is 41.7. The molecular formula is C89H99BBrN19O12S2. The molecule has 35 heteroatoms. The Morgan fingerprint density at radius 3 is 1.26 bits per heavy atom. The molecular weight excluding hydrogens is 1680 g/mol. The summed E-state index contributed by atoms with van der Waals surface area (Å²) in [5, 5.41) is 49.8.